The predicted octanol–water partition coefficient (Wildman–Crippen LogP) is 6.72. The molecule has 0 aromatic heterocycles. The lowest BCUT2D eigenvalue weighted by Crippen LogP contribution is -1.87. The standard InChI is InChI=1S/C28H20N2/c29-15-14-20(18-30)5-4-19-6-8-21(9-7-19)26-16-24-12-10-22-2-1-3-23-11-13-25(17-26)28(24)27(22)23/h1-3,5-17H,4,29H2/b15-14-,20-5+. The lowest BCUT2D eigenvalue weighted by Gasteiger charge is -2.13. The maximum absolute atomic E-state index is 9.10. The van der Waals surface area contributed by atoms with Crippen LogP contribution in [-0.2, 0) is 6.42 Å². The minimum Gasteiger partial charge on any atom is -0.405 e. The Labute approximate surface area is 175 Å². The van der Waals surface area contributed by atoms with Crippen molar-refractivity contribution in [3.8, 4) is 17.2 Å². The molecule has 0 unspecified atom stereocenters. The van der Waals surface area contributed by atoms with E-state index in [1.165, 1.54) is 49.6 Å². The van der Waals surface area contributed by atoms with Crippen LogP contribution in [0.25, 0.3) is 43.4 Å². The van der Waals surface area contributed by atoms with Gasteiger partial charge in [-0.1, -0.05) is 72.8 Å². The average molecular weight is 384 g/mol. The molecule has 5 aromatic rings. The maximum Gasteiger partial charge on any atom is 0.0988 e. The van der Waals surface area contributed by atoms with E-state index in [1.807, 2.05) is 6.08 Å². The van der Waals surface area contributed by atoms with Crippen LogP contribution < -0.4 is 5.73 Å². The van der Waals surface area contributed by atoms with Gasteiger partial charge < -0.3 is 5.73 Å². The number of hydrogen-bond acceptors (Lipinski definition) is 2. The fourth-order valence-corrected chi connectivity index (χ4v) is 4.24. The zero-order valence-corrected chi connectivity index (χ0v) is 16.5. The number of hydrogen-bond donors (Lipinski definition) is 1. The molecule has 0 bridgehead atoms. The molecule has 142 valence electrons. The molecule has 0 spiro atoms. The second-order valence-corrected chi connectivity index (χ2v) is 7.54. The van der Waals surface area contributed by atoms with Gasteiger partial charge in [-0.05, 0) is 79.8 Å². The summed E-state index contributed by atoms with van der Waals surface area (Å²) in [5, 5.41) is 16.9. The van der Waals surface area contributed by atoms with E-state index >= 15 is 0 Å². The Balaban J connectivity index is 1.54. The summed E-state index contributed by atoms with van der Waals surface area (Å²) >= 11 is 0. The van der Waals surface area contributed by atoms with Gasteiger partial charge in [-0.2, -0.15) is 5.26 Å². The monoisotopic (exact) mass is 384 g/mol. The summed E-state index contributed by atoms with van der Waals surface area (Å²) in [6, 6.07) is 30.6. The largest absolute Gasteiger partial charge is 0.405 e. The van der Waals surface area contributed by atoms with Crippen LogP contribution in [0.2, 0.25) is 0 Å². The molecule has 0 fully saturated rings. The predicted molar refractivity (Wildman–Crippen MR) is 126 cm³/mol. The van der Waals surface area contributed by atoms with Gasteiger partial charge in [0.1, 0.15) is 0 Å². The minimum atomic E-state index is 0.577. The Bertz CT molecular complexity index is 1400. The molecule has 2 nitrogen and oxygen atoms in total. The lowest BCUT2D eigenvalue weighted by atomic mass is 9.91. The molecule has 2 N–H and O–H groups in total. The van der Waals surface area contributed by atoms with Crippen molar-refractivity contribution in [2.75, 3.05) is 0 Å². The SMILES string of the molecule is N#CC(/C=C\N)=C/Cc1ccc(-c2cc3ccc4cccc5ccc(c2)c3c45)cc1. The first kappa shape index (κ1) is 18.0. The van der Waals surface area contributed by atoms with Crippen LogP contribution in [0.4, 0.5) is 0 Å². The molecule has 2 heteroatoms. The minimum absolute atomic E-state index is 0.577. The number of benzene rings is 5. The molecule has 0 aliphatic carbocycles. The summed E-state index contributed by atoms with van der Waals surface area (Å²) in [4.78, 5) is 0. The topological polar surface area (TPSA) is 49.8 Å². The number of nitrogens with two attached hydrogens (primary N) is 1. The molecule has 30 heavy (non-hydrogen) atoms. The van der Waals surface area contributed by atoms with Crippen LogP contribution in [-0.4, -0.2) is 0 Å². The highest BCUT2D eigenvalue weighted by molar-refractivity contribution is 6.23. The van der Waals surface area contributed by atoms with E-state index in [4.69, 9.17) is 11.0 Å². The molecule has 0 amide bonds. The summed E-state index contributed by atoms with van der Waals surface area (Å²) in [6.45, 7) is 0. The van der Waals surface area contributed by atoms with Gasteiger partial charge in [-0.25, -0.2) is 0 Å². The van der Waals surface area contributed by atoms with E-state index in [9.17, 15) is 0 Å². The van der Waals surface area contributed by atoms with Crippen LogP contribution in [0.15, 0.2) is 103 Å². The van der Waals surface area contributed by atoms with E-state index in [2.05, 4.69) is 84.9 Å². The van der Waals surface area contributed by atoms with E-state index in [-0.39, 0.29) is 0 Å². The van der Waals surface area contributed by atoms with Crippen LogP contribution >= 0.6 is 0 Å². The normalized spacial score (nSPS) is 12.3. The van der Waals surface area contributed by atoms with Crippen LogP contribution in [0.5, 0.6) is 0 Å². The van der Waals surface area contributed by atoms with Crippen molar-refractivity contribution in [2.45, 2.75) is 6.42 Å². The van der Waals surface area contributed by atoms with E-state index in [1.54, 1.807) is 6.08 Å². The highest BCUT2D eigenvalue weighted by Gasteiger charge is 2.09. The molecule has 5 rings (SSSR count). The molecule has 0 atom stereocenters. The van der Waals surface area contributed by atoms with Crippen molar-refractivity contribution in [3.05, 3.63) is 108 Å². The van der Waals surface area contributed by atoms with Gasteiger partial charge in [0.15, 0.2) is 0 Å². The Kier molecular flexibility index (Phi) is 4.42. The van der Waals surface area contributed by atoms with Crippen molar-refractivity contribution in [2.24, 2.45) is 5.73 Å². The number of nitrogens with zero attached hydrogens (tertiary/aromatic N) is 1. The highest BCUT2D eigenvalue weighted by atomic mass is 14.5. The second-order valence-electron chi connectivity index (χ2n) is 7.54. The molecule has 5 aromatic carbocycles. The first-order valence-corrected chi connectivity index (χ1v) is 10.0. The highest BCUT2D eigenvalue weighted by Crippen LogP contribution is 2.37. The van der Waals surface area contributed by atoms with Gasteiger partial charge >= 0.3 is 0 Å². The van der Waals surface area contributed by atoms with Gasteiger partial charge in [0.05, 0.1) is 6.07 Å². The molecule has 0 aliphatic rings. The Hall–Kier alpha value is -4.09. The molecule has 0 radical (unpaired) electrons. The zero-order valence-electron chi connectivity index (χ0n) is 16.5. The number of nitriles is 1. The molecular formula is C28H20N2. The van der Waals surface area contributed by atoms with Crippen molar-refractivity contribution < 1.29 is 0 Å². The third kappa shape index (κ3) is 3.07. The van der Waals surface area contributed by atoms with E-state index in [0.29, 0.717) is 12.0 Å². The zero-order chi connectivity index (χ0) is 20.5. The lowest BCUT2D eigenvalue weighted by molar-refractivity contribution is 1.25. The second kappa shape index (κ2) is 7.39. The number of rotatable bonds is 4. The summed E-state index contributed by atoms with van der Waals surface area (Å²) in [5.74, 6) is 0. The quantitative estimate of drug-likeness (QED) is 0.212. The molecular weight excluding hydrogens is 364 g/mol. The smallest absolute Gasteiger partial charge is 0.0988 e. The summed E-state index contributed by atoms with van der Waals surface area (Å²) in [6.07, 6.45) is 5.61. The Morgan fingerprint density at radius 3 is 1.97 bits per heavy atom. The van der Waals surface area contributed by atoms with Gasteiger partial charge in [0, 0.05) is 5.57 Å². The van der Waals surface area contributed by atoms with E-state index < -0.39 is 0 Å². The van der Waals surface area contributed by atoms with Crippen molar-refractivity contribution in [1.82, 2.24) is 0 Å². The van der Waals surface area contributed by atoms with E-state index in [0.717, 1.165) is 5.56 Å². The molecule has 0 heterocycles. The van der Waals surface area contributed by atoms with Gasteiger partial charge in [0.2, 0.25) is 0 Å². The fourth-order valence-electron chi connectivity index (χ4n) is 4.24. The fraction of sp³-hybridized carbons (Fsp3) is 0.0357. The van der Waals surface area contributed by atoms with Crippen molar-refractivity contribution >= 4 is 32.3 Å². The summed E-state index contributed by atoms with van der Waals surface area (Å²) < 4.78 is 0. The first-order chi connectivity index (χ1) is 14.8. The molecule has 0 saturated carbocycles. The van der Waals surface area contributed by atoms with Crippen LogP contribution in [0, 0.1) is 11.3 Å². The molecule has 0 saturated heterocycles. The third-order valence-corrected chi connectivity index (χ3v) is 5.71. The van der Waals surface area contributed by atoms with Crippen molar-refractivity contribution in [1.29, 1.82) is 5.26 Å². The first-order valence-electron chi connectivity index (χ1n) is 10.0. The summed E-state index contributed by atoms with van der Waals surface area (Å²) in [5.41, 5.74) is 9.52. The third-order valence-electron chi connectivity index (χ3n) is 5.71. The molecule has 0 aliphatic heterocycles. The van der Waals surface area contributed by atoms with Gasteiger partial charge in [-0.15, -0.1) is 0 Å². The van der Waals surface area contributed by atoms with Crippen LogP contribution in [0.1, 0.15) is 5.56 Å². The number of allylic oxidation sites excluding steroid dienone is 3. The average Bonchev–Trinajstić information content (AvgIpc) is 2.80. The Morgan fingerprint density at radius 1 is 0.767 bits per heavy atom. The van der Waals surface area contributed by atoms with Gasteiger partial charge in [0.25, 0.3) is 0 Å². The summed E-state index contributed by atoms with van der Waals surface area (Å²) in [7, 11) is 0. The Morgan fingerprint density at radius 2 is 1.37 bits per heavy atom. The van der Waals surface area contributed by atoms with Crippen molar-refractivity contribution in [3.63, 3.8) is 0 Å². The van der Waals surface area contributed by atoms with Crippen LogP contribution in [0.3, 0.4) is 0 Å². The van der Waals surface area contributed by atoms with Gasteiger partial charge in [-0.3, -0.25) is 0 Å². The maximum atomic E-state index is 9.10.